The molecule has 0 spiro atoms. The van der Waals surface area contributed by atoms with Gasteiger partial charge in [0.25, 0.3) is 5.91 Å². The van der Waals surface area contributed by atoms with Crippen molar-refractivity contribution in [2.75, 3.05) is 19.7 Å². The molecule has 1 saturated heterocycles. The van der Waals surface area contributed by atoms with Gasteiger partial charge in [-0.1, -0.05) is 29.8 Å². The summed E-state index contributed by atoms with van der Waals surface area (Å²) < 4.78 is 12.0. The first kappa shape index (κ1) is 23.4. The number of benzene rings is 2. The van der Waals surface area contributed by atoms with Crippen molar-refractivity contribution in [1.29, 1.82) is 5.26 Å². The van der Waals surface area contributed by atoms with Gasteiger partial charge >= 0.3 is 0 Å². The molecule has 0 aliphatic carbocycles. The molecule has 0 radical (unpaired) electrons. The summed E-state index contributed by atoms with van der Waals surface area (Å²) in [5.74, 6) is 0.970. The van der Waals surface area contributed by atoms with E-state index in [1.54, 1.807) is 17.1 Å². The molecule has 2 aromatic carbocycles. The Bertz CT molecular complexity index is 1030. The molecule has 1 fully saturated rings. The largest absolute Gasteiger partial charge is 0.490 e. The van der Waals surface area contributed by atoms with Gasteiger partial charge in [0.05, 0.1) is 6.61 Å². The summed E-state index contributed by atoms with van der Waals surface area (Å²) in [5, 5.41) is 10.3. The first-order chi connectivity index (χ1) is 15.5. The van der Waals surface area contributed by atoms with Crippen molar-refractivity contribution in [3.8, 4) is 17.6 Å². The molecule has 166 valence electrons. The third-order valence-corrected chi connectivity index (χ3v) is 5.42. The SMILES string of the molecule is C=CCc1cc(/C=C(\C#N)C(=O)N2CCCC2)cc(OCC)c1OCc1ccc(Cl)cc1. The maximum Gasteiger partial charge on any atom is 0.264 e. The van der Waals surface area contributed by atoms with Gasteiger partial charge in [0.1, 0.15) is 18.2 Å². The lowest BCUT2D eigenvalue weighted by Gasteiger charge is -2.17. The monoisotopic (exact) mass is 450 g/mol. The van der Waals surface area contributed by atoms with Gasteiger partial charge in [-0.25, -0.2) is 0 Å². The maximum absolute atomic E-state index is 12.7. The van der Waals surface area contributed by atoms with Gasteiger partial charge in [0, 0.05) is 23.7 Å². The molecule has 32 heavy (non-hydrogen) atoms. The molecule has 0 saturated carbocycles. The minimum atomic E-state index is -0.226. The van der Waals surface area contributed by atoms with Gasteiger partial charge in [0.15, 0.2) is 11.5 Å². The van der Waals surface area contributed by atoms with Gasteiger partial charge in [-0.2, -0.15) is 5.26 Å². The van der Waals surface area contributed by atoms with E-state index in [-0.39, 0.29) is 11.5 Å². The number of allylic oxidation sites excluding steroid dienone is 1. The number of likely N-dealkylation sites (tertiary alicyclic amines) is 1. The highest BCUT2D eigenvalue weighted by Gasteiger charge is 2.22. The normalized spacial score (nSPS) is 13.5. The van der Waals surface area contributed by atoms with Gasteiger partial charge in [0.2, 0.25) is 0 Å². The average molecular weight is 451 g/mol. The van der Waals surface area contributed by atoms with Crippen LogP contribution in [0.1, 0.15) is 36.5 Å². The van der Waals surface area contributed by atoms with Gasteiger partial charge in [-0.15, -0.1) is 6.58 Å². The molecule has 0 atom stereocenters. The van der Waals surface area contributed by atoms with Crippen LogP contribution in [0, 0.1) is 11.3 Å². The van der Waals surface area contributed by atoms with Crippen molar-refractivity contribution in [3.63, 3.8) is 0 Å². The molecule has 1 aliphatic heterocycles. The third kappa shape index (κ3) is 5.93. The summed E-state index contributed by atoms with van der Waals surface area (Å²) in [6, 6.07) is 13.3. The van der Waals surface area contributed by atoms with Crippen LogP contribution in [0.15, 0.2) is 54.6 Å². The molecule has 0 bridgehead atoms. The zero-order valence-electron chi connectivity index (χ0n) is 18.3. The van der Waals surface area contributed by atoms with Gasteiger partial charge in [-0.3, -0.25) is 4.79 Å². The lowest BCUT2D eigenvalue weighted by Crippen LogP contribution is -2.28. The highest BCUT2D eigenvalue weighted by Crippen LogP contribution is 2.35. The summed E-state index contributed by atoms with van der Waals surface area (Å²) in [6.45, 7) is 7.95. The molecule has 1 heterocycles. The Morgan fingerprint density at radius 2 is 1.94 bits per heavy atom. The number of hydrogen-bond acceptors (Lipinski definition) is 4. The Morgan fingerprint density at radius 3 is 2.56 bits per heavy atom. The van der Waals surface area contributed by atoms with Crippen molar-refractivity contribution in [2.45, 2.75) is 32.8 Å². The highest BCUT2D eigenvalue weighted by atomic mass is 35.5. The Morgan fingerprint density at radius 1 is 1.22 bits per heavy atom. The lowest BCUT2D eigenvalue weighted by atomic mass is 10.0. The molecule has 1 aliphatic rings. The molecule has 6 heteroatoms. The van der Waals surface area contributed by atoms with E-state index in [0.29, 0.717) is 54.8 Å². The van der Waals surface area contributed by atoms with Crippen LogP contribution in [0.25, 0.3) is 6.08 Å². The summed E-state index contributed by atoms with van der Waals surface area (Å²) in [6.07, 6.45) is 5.91. The van der Waals surface area contributed by atoms with Crippen LogP contribution < -0.4 is 9.47 Å². The fraction of sp³-hybridized carbons (Fsp3) is 0.308. The second kappa shape index (κ2) is 11.4. The van der Waals surface area contributed by atoms with E-state index >= 15 is 0 Å². The number of carbonyl (C=O) groups excluding carboxylic acids is 1. The molecule has 0 N–H and O–H groups in total. The quantitative estimate of drug-likeness (QED) is 0.284. The van der Waals surface area contributed by atoms with E-state index in [4.69, 9.17) is 21.1 Å². The first-order valence-electron chi connectivity index (χ1n) is 10.7. The highest BCUT2D eigenvalue weighted by molar-refractivity contribution is 6.30. The van der Waals surface area contributed by atoms with Crippen molar-refractivity contribution in [3.05, 3.63) is 76.3 Å². The number of rotatable bonds is 9. The standard InChI is InChI=1S/C26H27ClN2O3/c1-3-7-21-14-20(15-22(17-28)26(30)29-12-5-6-13-29)16-24(31-4-2)25(21)32-18-19-8-10-23(27)11-9-19/h3,8-11,14-16H,1,4-7,12-13,18H2,2H3/b22-15+. The van der Waals surface area contributed by atoms with Crippen LogP contribution in [0.4, 0.5) is 0 Å². The van der Waals surface area contributed by atoms with Crippen LogP contribution in [0.5, 0.6) is 11.5 Å². The molecule has 1 amide bonds. The summed E-state index contributed by atoms with van der Waals surface area (Å²) >= 11 is 5.97. The molecular formula is C26H27ClN2O3. The lowest BCUT2D eigenvalue weighted by molar-refractivity contribution is -0.125. The van der Waals surface area contributed by atoms with Crippen molar-refractivity contribution >= 4 is 23.6 Å². The molecular weight excluding hydrogens is 424 g/mol. The fourth-order valence-corrected chi connectivity index (χ4v) is 3.76. The second-order valence-electron chi connectivity index (χ2n) is 7.52. The molecule has 5 nitrogen and oxygen atoms in total. The Balaban J connectivity index is 1.93. The van der Waals surface area contributed by atoms with E-state index < -0.39 is 0 Å². The third-order valence-electron chi connectivity index (χ3n) is 5.17. The Labute approximate surface area is 194 Å². The summed E-state index contributed by atoms with van der Waals surface area (Å²) in [5.41, 5.74) is 2.69. The zero-order valence-corrected chi connectivity index (χ0v) is 19.0. The van der Waals surface area contributed by atoms with E-state index in [2.05, 4.69) is 12.6 Å². The van der Waals surface area contributed by atoms with Crippen molar-refractivity contribution in [1.82, 2.24) is 4.90 Å². The predicted molar refractivity (Wildman–Crippen MR) is 127 cm³/mol. The second-order valence-corrected chi connectivity index (χ2v) is 7.95. The first-order valence-corrected chi connectivity index (χ1v) is 11.1. The van der Waals surface area contributed by atoms with E-state index in [9.17, 15) is 10.1 Å². The number of nitrogens with zero attached hydrogens (tertiary/aromatic N) is 2. The topological polar surface area (TPSA) is 62.6 Å². The van der Waals surface area contributed by atoms with Crippen molar-refractivity contribution in [2.24, 2.45) is 0 Å². The van der Waals surface area contributed by atoms with Crippen LogP contribution in [-0.2, 0) is 17.8 Å². The van der Waals surface area contributed by atoms with Crippen LogP contribution >= 0.6 is 11.6 Å². The van der Waals surface area contributed by atoms with Gasteiger partial charge in [-0.05, 0) is 67.7 Å². The number of amides is 1. The Hall–Kier alpha value is -3.23. The minimum absolute atomic E-state index is 0.119. The van der Waals surface area contributed by atoms with Crippen LogP contribution in [0.3, 0.4) is 0 Å². The number of hydrogen-bond donors (Lipinski definition) is 0. The number of ether oxygens (including phenoxy) is 2. The predicted octanol–water partition coefficient (Wildman–Crippen LogP) is 5.58. The fourth-order valence-electron chi connectivity index (χ4n) is 3.64. The van der Waals surface area contributed by atoms with E-state index in [1.807, 2.05) is 43.3 Å². The number of nitriles is 1. The maximum atomic E-state index is 12.7. The van der Waals surface area contributed by atoms with Crippen LogP contribution in [-0.4, -0.2) is 30.5 Å². The smallest absolute Gasteiger partial charge is 0.264 e. The van der Waals surface area contributed by atoms with Crippen LogP contribution in [0.2, 0.25) is 5.02 Å². The molecule has 2 aromatic rings. The van der Waals surface area contributed by atoms with E-state index in [1.165, 1.54) is 0 Å². The summed E-state index contributed by atoms with van der Waals surface area (Å²) in [7, 11) is 0. The molecule has 0 aromatic heterocycles. The van der Waals surface area contributed by atoms with Gasteiger partial charge < -0.3 is 14.4 Å². The Kier molecular flexibility index (Phi) is 8.35. The zero-order chi connectivity index (χ0) is 22.9. The number of halogens is 1. The average Bonchev–Trinajstić information content (AvgIpc) is 3.33. The number of carbonyl (C=O) groups is 1. The minimum Gasteiger partial charge on any atom is -0.490 e. The van der Waals surface area contributed by atoms with Crippen molar-refractivity contribution < 1.29 is 14.3 Å². The molecule has 3 rings (SSSR count). The van der Waals surface area contributed by atoms with E-state index in [0.717, 1.165) is 24.0 Å². The summed E-state index contributed by atoms with van der Waals surface area (Å²) in [4.78, 5) is 14.4. The molecule has 0 unspecified atom stereocenters.